The Morgan fingerprint density at radius 1 is 0.800 bits per heavy atom. The van der Waals surface area contributed by atoms with Crippen molar-refractivity contribution in [1.29, 1.82) is 0 Å². The smallest absolute Gasteiger partial charge is 0.251 e. The molecule has 8 heteroatoms. The molecule has 0 saturated carbocycles. The highest BCUT2D eigenvalue weighted by Gasteiger charge is 2.10. The highest BCUT2D eigenvalue weighted by molar-refractivity contribution is 5.94. The summed E-state index contributed by atoms with van der Waals surface area (Å²) in [5, 5.41) is 11.6. The normalized spacial score (nSPS) is 11.1. The Hall–Kier alpha value is -4.72. The van der Waals surface area contributed by atoms with Crippen LogP contribution in [0.4, 0.5) is 5.95 Å². The topological polar surface area (TPSA) is 104 Å². The molecule has 2 heterocycles. The number of nitrogens with zero attached hydrogens (tertiary/aromatic N) is 5. The van der Waals surface area contributed by atoms with Gasteiger partial charge in [0.05, 0.1) is 25.0 Å². The van der Waals surface area contributed by atoms with E-state index >= 15 is 0 Å². The Bertz CT molecular complexity index is 1610. The fourth-order valence-corrected chi connectivity index (χ4v) is 5.56. The van der Waals surface area contributed by atoms with Gasteiger partial charge in [0.2, 0.25) is 5.95 Å². The van der Waals surface area contributed by atoms with Gasteiger partial charge in [-0.3, -0.25) is 9.48 Å². The molecular weight excluding hydrogens is 558 g/mol. The molecule has 0 atom stereocenters. The van der Waals surface area contributed by atoms with Crippen molar-refractivity contribution in [3.8, 4) is 11.1 Å². The molecule has 0 radical (unpaired) electrons. The minimum absolute atomic E-state index is 0.0560. The summed E-state index contributed by atoms with van der Waals surface area (Å²) in [6, 6.07) is 27.0. The lowest BCUT2D eigenvalue weighted by molar-refractivity contribution is 0.0952. The summed E-state index contributed by atoms with van der Waals surface area (Å²) < 4.78 is 3.92. The highest BCUT2D eigenvalue weighted by atomic mass is 16.1. The molecule has 0 spiro atoms. The molecule has 8 nitrogen and oxygen atoms in total. The van der Waals surface area contributed by atoms with Crippen LogP contribution in [0.5, 0.6) is 0 Å². The van der Waals surface area contributed by atoms with Crippen LogP contribution >= 0.6 is 0 Å². The predicted molar refractivity (Wildman–Crippen MR) is 181 cm³/mol. The second kappa shape index (κ2) is 16.4. The lowest BCUT2D eigenvalue weighted by Crippen LogP contribution is -2.27. The minimum Gasteiger partial charge on any atom is -0.369 e. The number of hydrogen-bond acceptors (Lipinski definition) is 5. The third-order valence-electron chi connectivity index (χ3n) is 8.23. The molecule has 0 aliphatic rings. The summed E-state index contributed by atoms with van der Waals surface area (Å²) in [5.41, 5.74) is 14.0. The molecule has 1 amide bonds. The van der Waals surface area contributed by atoms with Crippen LogP contribution in [0.15, 0.2) is 91.3 Å². The molecule has 234 valence electrons. The van der Waals surface area contributed by atoms with Crippen molar-refractivity contribution in [3.63, 3.8) is 0 Å². The third-order valence-corrected chi connectivity index (χ3v) is 8.23. The zero-order valence-electron chi connectivity index (χ0n) is 26.4. The third kappa shape index (κ3) is 9.38. The Kier molecular flexibility index (Phi) is 11.5. The van der Waals surface area contributed by atoms with Crippen molar-refractivity contribution in [1.82, 2.24) is 29.9 Å². The van der Waals surface area contributed by atoms with Crippen molar-refractivity contribution < 1.29 is 4.79 Å². The molecule has 3 aromatic carbocycles. The van der Waals surface area contributed by atoms with Gasteiger partial charge in [0.25, 0.3) is 5.91 Å². The van der Waals surface area contributed by atoms with E-state index in [1.165, 1.54) is 41.5 Å². The molecule has 45 heavy (non-hydrogen) atoms. The quantitative estimate of drug-likeness (QED) is 0.113. The monoisotopic (exact) mass is 603 g/mol. The summed E-state index contributed by atoms with van der Waals surface area (Å²) in [4.78, 5) is 16.9. The van der Waals surface area contributed by atoms with Gasteiger partial charge >= 0.3 is 0 Å². The number of carbonyl (C=O) groups is 1. The number of anilines is 1. The minimum atomic E-state index is -0.0560. The number of hydrogen-bond donors (Lipinski definition) is 2. The van der Waals surface area contributed by atoms with Gasteiger partial charge in [-0.15, -0.1) is 5.10 Å². The second-order valence-corrected chi connectivity index (χ2v) is 11.7. The van der Waals surface area contributed by atoms with Crippen LogP contribution in [0.1, 0.15) is 78.3 Å². The van der Waals surface area contributed by atoms with Crippen LogP contribution in [-0.4, -0.2) is 37.0 Å². The summed E-state index contributed by atoms with van der Waals surface area (Å²) in [6.07, 6.45) is 13.6. The number of unbranched alkanes of at least 4 members (excludes halogenated alkanes) is 4. The standard InChI is InChI=1S/C37H45N7O/c1-2-3-6-11-29-16-22-33(23-17-29)36(45)39-24-25-43-28-34(41-42-43)14-9-5-10-15-35-26-40-37(38)44(35)27-30-18-20-32(21-19-30)31-12-7-4-8-13-31/h4,7-8,12-13,16-23,26,28H,2-3,5-6,9-11,14-15,24-25,27H2,1H3,(H2,38,40)(H,39,45). The van der Waals surface area contributed by atoms with Gasteiger partial charge in [-0.2, -0.15) is 0 Å². The molecule has 0 unspecified atom stereocenters. The molecule has 5 aromatic rings. The van der Waals surface area contributed by atoms with E-state index in [1.54, 1.807) is 4.68 Å². The number of amides is 1. The number of nitrogens with one attached hydrogen (secondary N) is 1. The summed E-state index contributed by atoms with van der Waals surface area (Å²) in [5.74, 6) is 0.500. The fraction of sp³-hybridized carbons (Fsp3) is 0.351. The fourth-order valence-electron chi connectivity index (χ4n) is 5.56. The average molecular weight is 604 g/mol. The van der Waals surface area contributed by atoms with Crippen LogP contribution in [0.25, 0.3) is 11.1 Å². The summed E-state index contributed by atoms with van der Waals surface area (Å²) in [6.45, 7) is 4.02. The molecule has 3 N–H and O–H groups in total. The zero-order chi connectivity index (χ0) is 31.3. The molecular formula is C37H45N7O. The molecule has 0 aliphatic heterocycles. The van der Waals surface area contributed by atoms with E-state index in [1.807, 2.05) is 30.6 Å². The van der Waals surface area contributed by atoms with Gasteiger partial charge in [-0.1, -0.05) is 98.1 Å². The lowest BCUT2D eigenvalue weighted by atomic mass is 10.0. The first-order chi connectivity index (χ1) is 22.1. The van der Waals surface area contributed by atoms with E-state index in [4.69, 9.17) is 5.73 Å². The maximum absolute atomic E-state index is 12.5. The molecule has 0 saturated heterocycles. The van der Waals surface area contributed by atoms with Crippen LogP contribution in [-0.2, 0) is 32.4 Å². The lowest BCUT2D eigenvalue weighted by Gasteiger charge is -2.11. The highest BCUT2D eigenvalue weighted by Crippen LogP contribution is 2.21. The van der Waals surface area contributed by atoms with E-state index in [2.05, 4.69) is 92.8 Å². The van der Waals surface area contributed by atoms with Crippen molar-refractivity contribution in [3.05, 3.63) is 119 Å². The Balaban J connectivity index is 0.996. The van der Waals surface area contributed by atoms with E-state index in [0.717, 1.165) is 49.9 Å². The number of aryl methyl sites for hydroxylation is 3. The first-order valence-corrected chi connectivity index (χ1v) is 16.3. The van der Waals surface area contributed by atoms with E-state index in [9.17, 15) is 4.79 Å². The number of nitrogen functional groups attached to an aromatic ring is 1. The van der Waals surface area contributed by atoms with Gasteiger partial charge < -0.3 is 15.6 Å². The van der Waals surface area contributed by atoms with Crippen LogP contribution in [0, 0.1) is 0 Å². The molecule has 0 fully saturated rings. The van der Waals surface area contributed by atoms with E-state index < -0.39 is 0 Å². The summed E-state index contributed by atoms with van der Waals surface area (Å²) >= 11 is 0. The maximum atomic E-state index is 12.5. The van der Waals surface area contributed by atoms with Crippen molar-refractivity contribution in [2.24, 2.45) is 0 Å². The zero-order valence-corrected chi connectivity index (χ0v) is 26.4. The number of rotatable bonds is 17. The maximum Gasteiger partial charge on any atom is 0.251 e. The number of carbonyl (C=O) groups excluding carboxylic acids is 1. The van der Waals surface area contributed by atoms with Gasteiger partial charge in [0, 0.05) is 24.0 Å². The predicted octanol–water partition coefficient (Wildman–Crippen LogP) is 6.89. The van der Waals surface area contributed by atoms with Gasteiger partial charge in [0.1, 0.15) is 0 Å². The largest absolute Gasteiger partial charge is 0.369 e. The summed E-state index contributed by atoms with van der Waals surface area (Å²) in [7, 11) is 0. The number of nitrogens with two attached hydrogens (primary N) is 1. The van der Waals surface area contributed by atoms with Crippen LogP contribution in [0.2, 0.25) is 0 Å². The number of imidazole rings is 1. The van der Waals surface area contributed by atoms with Gasteiger partial charge in [-0.05, 0) is 72.9 Å². The van der Waals surface area contributed by atoms with Crippen molar-refractivity contribution in [2.75, 3.05) is 12.3 Å². The van der Waals surface area contributed by atoms with Gasteiger partial charge in [-0.25, -0.2) is 4.98 Å². The number of benzene rings is 3. The van der Waals surface area contributed by atoms with Crippen molar-refractivity contribution in [2.45, 2.75) is 77.8 Å². The number of aromatic nitrogens is 5. The molecule has 0 bridgehead atoms. The van der Waals surface area contributed by atoms with Gasteiger partial charge in [0.15, 0.2) is 0 Å². The molecule has 5 rings (SSSR count). The Labute approximate surface area is 266 Å². The first-order valence-electron chi connectivity index (χ1n) is 16.3. The van der Waals surface area contributed by atoms with Crippen LogP contribution < -0.4 is 11.1 Å². The Morgan fingerprint density at radius 3 is 2.29 bits per heavy atom. The first kappa shape index (κ1) is 31.7. The average Bonchev–Trinajstić information content (AvgIpc) is 3.67. The molecule has 0 aliphatic carbocycles. The van der Waals surface area contributed by atoms with Crippen molar-refractivity contribution >= 4 is 11.9 Å². The second-order valence-electron chi connectivity index (χ2n) is 11.7. The van der Waals surface area contributed by atoms with Crippen LogP contribution in [0.3, 0.4) is 0 Å². The van der Waals surface area contributed by atoms with E-state index in [0.29, 0.717) is 31.1 Å². The Morgan fingerprint density at radius 2 is 1.51 bits per heavy atom. The molecule has 2 aromatic heterocycles. The van der Waals surface area contributed by atoms with E-state index in [-0.39, 0.29) is 5.91 Å². The SMILES string of the molecule is CCCCCc1ccc(C(=O)NCCn2cc(CCCCCc3cnc(N)n3Cc3ccc(-c4ccccc4)cc3)nn2)cc1.